The van der Waals surface area contributed by atoms with Gasteiger partial charge in [0.25, 0.3) is 0 Å². The smallest absolute Gasteiger partial charge is 0.247 e. The Morgan fingerprint density at radius 3 is 2.89 bits per heavy atom. The zero-order chi connectivity index (χ0) is 19.1. The van der Waals surface area contributed by atoms with Crippen LogP contribution in [0.1, 0.15) is 26.1 Å². The van der Waals surface area contributed by atoms with Crippen molar-refractivity contribution in [1.82, 2.24) is 15.0 Å². The molecule has 0 saturated heterocycles. The largest absolute Gasteiger partial charge is 0.356 e. The highest BCUT2D eigenvalue weighted by Crippen LogP contribution is 2.36. The van der Waals surface area contributed by atoms with Crippen LogP contribution in [0.3, 0.4) is 0 Å². The van der Waals surface area contributed by atoms with Crippen LogP contribution in [0.2, 0.25) is 0 Å². The number of nitrogens with zero attached hydrogens (tertiary/aromatic N) is 3. The number of amides is 1. The zero-order valence-corrected chi connectivity index (χ0v) is 15.9. The quantitative estimate of drug-likeness (QED) is 0.626. The number of hydrogen-bond donors (Lipinski definition) is 3. The van der Waals surface area contributed by atoms with Crippen LogP contribution in [0.15, 0.2) is 18.2 Å². The standard InChI is InChI=1S/C18H19FN6OS/c1-8(2)6-12-17(26)24-14-15(22-12)20-9(3)21-16(14)25-18-23-11-5-4-10(19)7-13(11)27-18/h4-5,7-8,12H,6H2,1-3H3,(H,24,26)(H2,20,21,22,23,25). The van der Waals surface area contributed by atoms with Crippen LogP contribution in [0, 0.1) is 18.7 Å². The summed E-state index contributed by atoms with van der Waals surface area (Å²) in [6.07, 6.45) is 0.709. The highest BCUT2D eigenvalue weighted by Gasteiger charge is 2.29. The Balaban J connectivity index is 1.67. The molecule has 2 aromatic heterocycles. The lowest BCUT2D eigenvalue weighted by Crippen LogP contribution is -2.40. The number of anilines is 4. The third-order valence-electron chi connectivity index (χ3n) is 4.18. The second-order valence-electron chi connectivity index (χ2n) is 6.91. The maximum absolute atomic E-state index is 13.4. The van der Waals surface area contributed by atoms with Crippen LogP contribution in [0.25, 0.3) is 10.2 Å². The van der Waals surface area contributed by atoms with E-state index in [0.29, 0.717) is 46.1 Å². The van der Waals surface area contributed by atoms with Gasteiger partial charge in [0.1, 0.15) is 23.4 Å². The van der Waals surface area contributed by atoms with Crippen molar-refractivity contribution in [2.75, 3.05) is 16.0 Å². The molecule has 0 aliphatic carbocycles. The third kappa shape index (κ3) is 3.55. The number of nitrogens with one attached hydrogen (secondary N) is 3. The molecule has 1 aromatic carbocycles. The number of aromatic nitrogens is 3. The molecule has 0 saturated carbocycles. The predicted octanol–water partition coefficient (Wildman–Crippen LogP) is 4.06. The first-order valence-electron chi connectivity index (χ1n) is 8.68. The molecule has 3 aromatic rings. The van der Waals surface area contributed by atoms with E-state index in [2.05, 4.69) is 44.7 Å². The van der Waals surface area contributed by atoms with E-state index >= 15 is 0 Å². The number of halogens is 1. The van der Waals surface area contributed by atoms with E-state index in [1.165, 1.54) is 23.5 Å². The zero-order valence-electron chi connectivity index (χ0n) is 15.1. The highest BCUT2D eigenvalue weighted by atomic mass is 32.1. The number of carbonyl (C=O) groups is 1. The summed E-state index contributed by atoms with van der Waals surface area (Å²) in [4.78, 5) is 25.7. The van der Waals surface area contributed by atoms with Gasteiger partial charge in [0.15, 0.2) is 16.8 Å². The molecule has 27 heavy (non-hydrogen) atoms. The highest BCUT2D eigenvalue weighted by molar-refractivity contribution is 7.22. The number of carbonyl (C=O) groups excluding carboxylic acids is 1. The molecule has 0 bridgehead atoms. The van der Waals surface area contributed by atoms with Gasteiger partial charge in [-0.05, 0) is 37.5 Å². The Labute approximate surface area is 159 Å². The fraction of sp³-hybridized carbons (Fsp3) is 0.333. The van der Waals surface area contributed by atoms with Gasteiger partial charge in [0.2, 0.25) is 5.91 Å². The van der Waals surface area contributed by atoms with Crippen LogP contribution >= 0.6 is 11.3 Å². The van der Waals surface area contributed by atoms with Gasteiger partial charge in [0.05, 0.1) is 10.2 Å². The van der Waals surface area contributed by atoms with Crippen molar-refractivity contribution >= 4 is 49.9 Å². The Hall–Kier alpha value is -2.81. The minimum Gasteiger partial charge on any atom is -0.356 e. The van der Waals surface area contributed by atoms with Gasteiger partial charge in [0, 0.05) is 0 Å². The molecule has 1 atom stereocenters. The molecule has 4 rings (SSSR count). The number of thiazole rings is 1. The van der Waals surface area contributed by atoms with Crippen LogP contribution in [-0.2, 0) is 4.79 Å². The van der Waals surface area contributed by atoms with Gasteiger partial charge in [-0.25, -0.2) is 19.3 Å². The van der Waals surface area contributed by atoms with E-state index in [9.17, 15) is 9.18 Å². The topological polar surface area (TPSA) is 91.8 Å². The summed E-state index contributed by atoms with van der Waals surface area (Å²) in [5.74, 6) is 1.57. The van der Waals surface area contributed by atoms with Gasteiger partial charge in [-0.1, -0.05) is 25.2 Å². The lowest BCUT2D eigenvalue weighted by Gasteiger charge is -2.28. The summed E-state index contributed by atoms with van der Waals surface area (Å²) in [6.45, 7) is 5.92. The molecule has 3 N–H and O–H groups in total. The molecule has 0 fully saturated rings. The fourth-order valence-electron chi connectivity index (χ4n) is 3.02. The summed E-state index contributed by atoms with van der Waals surface area (Å²) < 4.78 is 14.1. The predicted molar refractivity (Wildman–Crippen MR) is 105 cm³/mol. The molecule has 9 heteroatoms. The molecular weight excluding hydrogens is 367 g/mol. The fourth-order valence-corrected chi connectivity index (χ4v) is 3.91. The number of rotatable bonds is 4. The SMILES string of the molecule is Cc1nc(Nc2nc3ccc(F)cc3s2)c2c(n1)NC(CC(C)C)C(=O)N2. The van der Waals surface area contributed by atoms with E-state index in [-0.39, 0.29) is 17.8 Å². The van der Waals surface area contributed by atoms with Crippen molar-refractivity contribution in [2.45, 2.75) is 33.2 Å². The third-order valence-corrected chi connectivity index (χ3v) is 5.11. The van der Waals surface area contributed by atoms with E-state index in [1.807, 2.05) is 0 Å². The van der Waals surface area contributed by atoms with Crippen LogP contribution in [-0.4, -0.2) is 26.9 Å². The van der Waals surface area contributed by atoms with E-state index in [4.69, 9.17) is 0 Å². The van der Waals surface area contributed by atoms with Gasteiger partial charge in [-0.3, -0.25) is 4.79 Å². The molecule has 1 aliphatic heterocycles. The minimum absolute atomic E-state index is 0.113. The lowest BCUT2D eigenvalue weighted by atomic mass is 10.0. The molecule has 1 unspecified atom stereocenters. The summed E-state index contributed by atoms with van der Waals surface area (Å²) in [5, 5.41) is 9.81. The number of benzene rings is 1. The molecule has 140 valence electrons. The average Bonchev–Trinajstić information content (AvgIpc) is 2.97. The van der Waals surface area contributed by atoms with Gasteiger partial charge in [-0.15, -0.1) is 0 Å². The number of aryl methyl sites for hydroxylation is 1. The number of hydrogen-bond acceptors (Lipinski definition) is 7. The lowest BCUT2D eigenvalue weighted by molar-refractivity contribution is -0.117. The molecular formula is C18H19FN6OS. The second kappa shape index (κ2) is 6.73. The van der Waals surface area contributed by atoms with Crippen molar-refractivity contribution in [3.8, 4) is 0 Å². The Kier molecular flexibility index (Phi) is 4.39. The van der Waals surface area contributed by atoms with E-state index < -0.39 is 0 Å². The van der Waals surface area contributed by atoms with Crippen molar-refractivity contribution in [1.29, 1.82) is 0 Å². The first-order chi connectivity index (χ1) is 12.9. The van der Waals surface area contributed by atoms with Gasteiger partial charge >= 0.3 is 0 Å². The normalized spacial score (nSPS) is 16.2. The molecule has 0 radical (unpaired) electrons. The average molecular weight is 386 g/mol. The van der Waals surface area contributed by atoms with E-state index in [0.717, 1.165) is 4.70 Å². The first kappa shape index (κ1) is 17.6. The van der Waals surface area contributed by atoms with Gasteiger partial charge in [-0.2, -0.15) is 0 Å². The van der Waals surface area contributed by atoms with Gasteiger partial charge < -0.3 is 16.0 Å². The Morgan fingerprint density at radius 2 is 2.11 bits per heavy atom. The first-order valence-corrected chi connectivity index (χ1v) is 9.50. The van der Waals surface area contributed by atoms with Crippen molar-refractivity contribution in [3.05, 3.63) is 29.8 Å². The van der Waals surface area contributed by atoms with Crippen molar-refractivity contribution in [3.63, 3.8) is 0 Å². The summed E-state index contributed by atoms with van der Waals surface area (Å²) in [5.41, 5.74) is 1.19. The number of fused-ring (bicyclic) bond motifs is 2. The maximum Gasteiger partial charge on any atom is 0.247 e. The van der Waals surface area contributed by atoms with Crippen molar-refractivity contribution < 1.29 is 9.18 Å². The molecule has 7 nitrogen and oxygen atoms in total. The van der Waals surface area contributed by atoms with Crippen LogP contribution in [0.4, 0.5) is 26.8 Å². The summed E-state index contributed by atoms with van der Waals surface area (Å²) in [6, 6.07) is 4.12. The summed E-state index contributed by atoms with van der Waals surface area (Å²) in [7, 11) is 0. The Morgan fingerprint density at radius 1 is 1.30 bits per heavy atom. The molecule has 1 amide bonds. The monoisotopic (exact) mass is 386 g/mol. The van der Waals surface area contributed by atoms with Crippen molar-refractivity contribution in [2.24, 2.45) is 5.92 Å². The maximum atomic E-state index is 13.4. The van der Waals surface area contributed by atoms with Crippen LogP contribution in [0.5, 0.6) is 0 Å². The molecule has 3 heterocycles. The van der Waals surface area contributed by atoms with E-state index in [1.54, 1.807) is 13.0 Å². The second-order valence-corrected chi connectivity index (χ2v) is 7.95. The Bertz CT molecular complexity index is 1030. The minimum atomic E-state index is -0.329. The summed E-state index contributed by atoms with van der Waals surface area (Å²) >= 11 is 1.32. The van der Waals surface area contributed by atoms with Crippen LogP contribution < -0.4 is 16.0 Å². The molecule has 1 aliphatic rings. The molecule has 0 spiro atoms.